The van der Waals surface area contributed by atoms with Crippen LogP contribution in [-0.2, 0) is 22.2 Å². The fraction of sp³-hybridized carbons (Fsp3) is 0.667. The third-order valence-electron chi connectivity index (χ3n) is 5.99. The minimum atomic E-state index is 0.258. The molecule has 0 spiro atoms. The molecule has 0 N–H and O–H groups in total. The lowest BCUT2D eigenvalue weighted by molar-refractivity contribution is 0.0949. The first kappa shape index (κ1) is 13.2. The number of ether oxygens (including phenoxy) is 1. The van der Waals surface area contributed by atoms with Crippen molar-refractivity contribution in [2.24, 2.45) is 5.92 Å². The Morgan fingerprint density at radius 2 is 1.58 bits per heavy atom. The van der Waals surface area contributed by atoms with Crippen molar-refractivity contribution < 1.29 is 4.74 Å². The van der Waals surface area contributed by atoms with Gasteiger partial charge >= 0.3 is 0 Å². The van der Waals surface area contributed by atoms with Crippen molar-refractivity contribution in [2.75, 3.05) is 6.61 Å². The molecular formula is C18H26O. The van der Waals surface area contributed by atoms with E-state index >= 15 is 0 Å². The summed E-state index contributed by atoms with van der Waals surface area (Å²) in [5.41, 5.74) is 6.57. The van der Waals surface area contributed by atoms with E-state index in [1.54, 1.807) is 11.1 Å². The highest BCUT2D eigenvalue weighted by Gasteiger charge is 2.48. The second-order valence-corrected chi connectivity index (χ2v) is 7.68. The molecule has 19 heavy (non-hydrogen) atoms. The van der Waals surface area contributed by atoms with Gasteiger partial charge < -0.3 is 4.74 Å². The maximum atomic E-state index is 5.71. The number of rotatable bonds is 0. The zero-order chi connectivity index (χ0) is 14.0. The van der Waals surface area contributed by atoms with Crippen LogP contribution in [0.25, 0.3) is 0 Å². The highest BCUT2D eigenvalue weighted by atomic mass is 16.5. The van der Waals surface area contributed by atoms with Crippen LogP contribution >= 0.6 is 0 Å². The Balaban J connectivity index is 2.25. The number of benzene rings is 1. The van der Waals surface area contributed by atoms with E-state index in [0.29, 0.717) is 11.8 Å². The molecule has 1 nitrogen and oxygen atoms in total. The molecule has 2 atom stereocenters. The molecule has 0 saturated carbocycles. The molecule has 0 amide bonds. The van der Waals surface area contributed by atoms with Gasteiger partial charge in [0.1, 0.15) is 0 Å². The first-order chi connectivity index (χ1) is 8.76. The van der Waals surface area contributed by atoms with Crippen molar-refractivity contribution in [2.45, 2.75) is 64.9 Å². The van der Waals surface area contributed by atoms with E-state index in [9.17, 15) is 0 Å². The molecule has 1 heteroatoms. The minimum Gasteiger partial charge on any atom is -0.376 e. The van der Waals surface area contributed by atoms with Gasteiger partial charge in [0.05, 0.1) is 13.2 Å². The van der Waals surface area contributed by atoms with E-state index in [2.05, 4.69) is 53.7 Å². The topological polar surface area (TPSA) is 9.23 Å². The van der Waals surface area contributed by atoms with E-state index in [-0.39, 0.29) is 10.8 Å². The van der Waals surface area contributed by atoms with Crippen molar-refractivity contribution in [1.29, 1.82) is 0 Å². The minimum absolute atomic E-state index is 0.258. The average Bonchev–Trinajstić information content (AvgIpc) is 2.48. The van der Waals surface area contributed by atoms with Crippen molar-refractivity contribution in [1.82, 2.24) is 0 Å². The summed E-state index contributed by atoms with van der Waals surface area (Å²) < 4.78 is 5.71. The Morgan fingerprint density at radius 3 is 2.21 bits per heavy atom. The SMILES string of the molecule is CC1COCc2cc3c(cc21)C(C)(C)[C@H](C)C3(C)C. The van der Waals surface area contributed by atoms with E-state index in [0.717, 1.165) is 13.2 Å². The van der Waals surface area contributed by atoms with Crippen molar-refractivity contribution in [3.8, 4) is 0 Å². The molecule has 3 rings (SSSR count). The maximum absolute atomic E-state index is 5.71. The lowest BCUT2D eigenvalue weighted by Crippen LogP contribution is -2.30. The largest absolute Gasteiger partial charge is 0.376 e. The summed E-state index contributed by atoms with van der Waals surface area (Å²) in [6.07, 6.45) is 0. The van der Waals surface area contributed by atoms with Crippen LogP contribution < -0.4 is 0 Å². The predicted octanol–water partition coefficient (Wildman–Crippen LogP) is 4.53. The van der Waals surface area contributed by atoms with Gasteiger partial charge in [-0.3, -0.25) is 0 Å². The Morgan fingerprint density at radius 1 is 1.00 bits per heavy atom. The summed E-state index contributed by atoms with van der Waals surface area (Å²) in [6.45, 7) is 15.9. The van der Waals surface area contributed by atoms with Crippen LogP contribution in [0, 0.1) is 5.92 Å². The fourth-order valence-corrected chi connectivity index (χ4v) is 4.12. The summed E-state index contributed by atoms with van der Waals surface area (Å²) >= 11 is 0. The molecule has 0 fully saturated rings. The molecule has 1 aliphatic carbocycles. The van der Waals surface area contributed by atoms with E-state index in [1.165, 1.54) is 11.1 Å². The Bertz CT molecular complexity index is 525. The van der Waals surface area contributed by atoms with E-state index in [4.69, 9.17) is 4.74 Å². The van der Waals surface area contributed by atoms with Gasteiger partial charge in [0.15, 0.2) is 0 Å². The van der Waals surface area contributed by atoms with Crippen LogP contribution in [0.15, 0.2) is 12.1 Å². The van der Waals surface area contributed by atoms with Gasteiger partial charge in [-0.15, -0.1) is 0 Å². The Kier molecular flexibility index (Phi) is 2.67. The van der Waals surface area contributed by atoms with Crippen LogP contribution in [0.5, 0.6) is 0 Å². The fourth-order valence-electron chi connectivity index (χ4n) is 4.12. The molecule has 0 aromatic heterocycles. The number of fused-ring (bicyclic) bond motifs is 2. The molecule has 0 radical (unpaired) electrons. The monoisotopic (exact) mass is 258 g/mol. The molecule has 1 unspecified atom stereocenters. The van der Waals surface area contributed by atoms with Crippen molar-refractivity contribution >= 4 is 0 Å². The number of hydrogen-bond donors (Lipinski definition) is 0. The smallest absolute Gasteiger partial charge is 0.0720 e. The molecule has 1 heterocycles. The summed E-state index contributed by atoms with van der Waals surface area (Å²) in [5, 5.41) is 0. The lowest BCUT2D eigenvalue weighted by atomic mass is 9.71. The van der Waals surface area contributed by atoms with Gasteiger partial charge in [0.2, 0.25) is 0 Å². The summed E-state index contributed by atoms with van der Waals surface area (Å²) in [6, 6.07) is 4.93. The zero-order valence-corrected chi connectivity index (χ0v) is 13.1. The van der Waals surface area contributed by atoms with Crippen LogP contribution in [0.2, 0.25) is 0 Å². The Hall–Kier alpha value is -0.820. The van der Waals surface area contributed by atoms with Crippen molar-refractivity contribution in [3.63, 3.8) is 0 Å². The molecule has 2 aliphatic rings. The molecule has 1 aromatic rings. The summed E-state index contributed by atoms with van der Waals surface area (Å²) in [5.74, 6) is 1.19. The molecule has 1 aliphatic heterocycles. The van der Waals surface area contributed by atoms with Gasteiger partial charge in [0, 0.05) is 5.92 Å². The first-order valence-electron chi connectivity index (χ1n) is 7.51. The average molecular weight is 258 g/mol. The molecule has 0 saturated heterocycles. The third kappa shape index (κ3) is 1.64. The molecule has 1 aromatic carbocycles. The van der Waals surface area contributed by atoms with E-state index < -0.39 is 0 Å². The second-order valence-electron chi connectivity index (χ2n) is 7.68. The Labute approximate surface area is 117 Å². The highest BCUT2D eigenvalue weighted by molar-refractivity contribution is 5.51. The summed E-state index contributed by atoms with van der Waals surface area (Å²) in [7, 11) is 0. The molecule has 0 bridgehead atoms. The predicted molar refractivity (Wildman–Crippen MR) is 79.7 cm³/mol. The van der Waals surface area contributed by atoms with Crippen LogP contribution in [0.4, 0.5) is 0 Å². The second kappa shape index (κ2) is 3.85. The highest BCUT2D eigenvalue weighted by Crippen LogP contribution is 2.54. The van der Waals surface area contributed by atoms with Gasteiger partial charge in [0.25, 0.3) is 0 Å². The van der Waals surface area contributed by atoms with Crippen LogP contribution in [-0.4, -0.2) is 6.61 Å². The first-order valence-corrected chi connectivity index (χ1v) is 7.51. The van der Waals surface area contributed by atoms with Gasteiger partial charge in [-0.1, -0.05) is 53.7 Å². The molecule has 104 valence electrons. The third-order valence-corrected chi connectivity index (χ3v) is 5.99. The number of hydrogen-bond acceptors (Lipinski definition) is 1. The van der Waals surface area contributed by atoms with Crippen LogP contribution in [0.3, 0.4) is 0 Å². The van der Waals surface area contributed by atoms with Gasteiger partial charge in [-0.05, 0) is 39.0 Å². The maximum Gasteiger partial charge on any atom is 0.0720 e. The van der Waals surface area contributed by atoms with E-state index in [1.807, 2.05) is 0 Å². The summed E-state index contributed by atoms with van der Waals surface area (Å²) in [4.78, 5) is 0. The van der Waals surface area contributed by atoms with Crippen LogP contribution in [0.1, 0.15) is 69.7 Å². The lowest BCUT2D eigenvalue weighted by Gasteiger charge is -2.32. The quantitative estimate of drug-likeness (QED) is 0.664. The zero-order valence-electron chi connectivity index (χ0n) is 13.1. The standard InChI is InChI=1S/C18H26O/c1-11-9-19-10-13-7-15-16(8-14(11)13)18(5,6)12(2)17(15,3)4/h7-8,11-12H,9-10H2,1-6H3/t11?,12-/m1/s1. The normalized spacial score (nSPS) is 30.8. The van der Waals surface area contributed by atoms with Crippen molar-refractivity contribution in [3.05, 3.63) is 34.4 Å². The molecular weight excluding hydrogens is 232 g/mol. The van der Waals surface area contributed by atoms with Gasteiger partial charge in [-0.2, -0.15) is 0 Å². The van der Waals surface area contributed by atoms with Gasteiger partial charge in [-0.25, -0.2) is 0 Å².